The third-order valence-corrected chi connectivity index (χ3v) is 5.13. The van der Waals surface area contributed by atoms with Gasteiger partial charge in [0.25, 0.3) is 5.56 Å². The minimum absolute atomic E-state index is 0.0259. The lowest BCUT2D eigenvalue weighted by molar-refractivity contribution is 0.356. The summed E-state index contributed by atoms with van der Waals surface area (Å²) in [5, 5.41) is 1.59. The zero-order chi connectivity index (χ0) is 18.9. The first-order valence-corrected chi connectivity index (χ1v) is 9.87. The van der Waals surface area contributed by atoms with Gasteiger partial charge in [0.2, 0.25) is 0 Å². The molecule has 0 radical (unpaired) electrons. The Bertz CT molecular complexity index is 764. The largest absolute Gasteiger partial charge is 0.493 e. The standard InChI is InChI=1S/C22H33NO3/c1-5-6-7-8-9-10-11-12-13-18-14-17-15-20(25-3)21(26-4)16-19(17)22(24)23(18)2/h14-16H,5-13H2,1-4H3. The van der Waals surface area contributed by atoms with Gasteiger partial charge in [0.05, 0.1) is 19.6 Å². The van der Waals surface area contributed by atoms with Crippen molar-refractivity contribution in [3.05, 3.63) is 34.2 Å². The van der Waals surface area contributed by atoms with Crippen molar-refractivity contribution in [2.75, 3.05) is 14.2 Å². The van der Waals surface area contributed by atoms with Crippen LogP contribution in [0.25, 0.3) is 10.8 Å². The molecule has 0 aliphatic heterocycles. The van der Waals surface area contributed by atoms with E-state index >= 15 is 0 Å². The number of hydrogen-bond acceptors (Lipinski definition) is 3. The normalized spacial score (nSPS) is 11.1. The lowest BCUT2D eigenvalue weighted by Crippen LogP contribution is -2.20. The second kappa shape index (κ2) is 10.2. The fourth-order valence-electron chi connectivity index (χ4n) is 3.47. The summed E-state index contributed by atoms with van der Waals surface area (Å²) in [5.41, 5.74) is 1.11. The molecular formula is C22H33NO3. The molecule has 4 heteroatoms. The molecule has 144 valence electrons. The fraction of sp³-hybridized carbons (Fsp3) is 0.591. The van der Waals surface area contributed by atoms with Crippen LogP contribution in [0.1, 0.15) is 64.0 Å². The first kappa shape index (κ1) is 20.3. The van der Waals surface area contributed by atoms with Crippen molar-refractivity contribution in [3.63, 3.8) is 0 Å². The van der Waals surface area contributed by atoms with Crippen LogP contribution in [-0.4, -0.2) is 18.8 Å². The number of hydrogen-bond donors (Lipinski definition) is 0. The number of benzene rings is 1. The molecule has 1 aromatic carbocycles. The van der Waals surface area contributed by atoms with Gasteiger partial charge in [-0.05, 0) is 36.4 Å². The molecule has 2 rings (SSSR count). The van der Waals surface area contributed by atoms with Crippen molar-refractivity contribution >= 4 is 10.8 Å². The van der Waals surface area contributed by atoms with Gasteiger partial charge in [-0.2, -0.15) is 0 Å². The van der Waals surface area contributed by atoms with E-state index in [0.717, 1.165) is 23.9 Å². The van der Waals surface area contributed by atoms with Gasteiger partial charge in [0.15, 0.2) is 11.5 Å². The van der Waals surface area contributed by atoms with Crippen molar-refractivity contribution < 1.29 is 9.47 Å². The average molecular weight is 360 g/mol. The van der Waals surface area contributed by atoms with Crippen LogP contribution in [0, 0.1) is 0 Å². The molecule has 26 heavy (non-hydrogen) atoms. The Balaban J connectivity index is 2.04. The molecule has 0 spiro atoms. The zero-order valence-electron chi connectivity index (χ0n) is 16.8. The van der Waals surface area contributed by atoms with Gasteiger partial charge in [0, 0.05) is 12.7 Å². The van der Waals surface area contributed by atoms with Gasteiger partial charge in [-0.15, -0.1) is 0 Å². The summed E-state index contributed by atoms with van der Waals surface area (Å²) in [5.74, 6) is 1.25. The van der Waals surface area contributed by atoms with Crippen molar-refractivity contribution in [2.24, 2.45) is 7.05 Å². The quantitative estimate of drug-likeness (QED) is 0.515. The summed E-state index contributed by atoms with van der Waals surface area (Å²) in [4.78, 5) is 12.7. The number of methoxy groups -OCH3 is 2. The van der Waals surface area contributed by atoms with E-state index in [9.17, 15) is 4.79 Å². The highest BCUT2D eigenvalue weighted by molar-refractivity contribution is 5.85. The summed E-state index contributed by atoms with van der Waals surface area (Å²) in [6, 6.07) is 5.78. The number of aryl methyl sites for hydroxylation is 1. The topological polar surface area (TPSA) is 40.5 Å². The van der Waals surface area contributed by atoms with E-state index in [1.807, 2.05) is 13.1 Å². The minimum Gasteiger partial charge on any atom is -0.493 e. The minimum atomic E-state index is 0.0259. The van der Waals surface area contributed by atoms with Crippen LogP contribution in [-0.2, 0) is 13.5 Å². The van der Waals surface area contributed by atoms with E-state index in [2.05, 4.69) is 13.0 Å². The predicted molar refractivity (Wildman–Crippen MR) is 109 cm³/mol. The lowest BCUT2D eigenvalue weighted by atomic mass is 10.0. The number of rotatable bonds is 11. The lowest BCUT2D eigenvalue weighted by Gasteiger charge is -2.13. The van der Waals surface area contributed by atoms with Crippen LogP contribution in [0.5, 0.6) is 11.5 Å². The van der Waals surface area contributed by atoms with Gasteiger partial charge in [-0.3, -0.25) is 4.79 Å². The maximum absolute atomic E-state index is 12.7. The third kappa shape index (κ3) is 5.03. The molecule has 0 aliphatic carbocycles. The second-order valence-electron chi connectivity index (χ2n) is 7.02. The monoisotopic (exact) mass is 359 g/mol. The van der Waals surface area contributed by atoms with Gasteiger partial charge in [-0.25, -0.2) is 0 Å². The molecule has 0 bridgehead atoms. The summed E-state index contributed by atoms with van der Waals surface area (Å²) in [6.45, 7) is 2.25. The molecule has 1 heterocycles. The average Bonchev–Trinajstić information content (AvgIpc) is 2.66. The summed E-state index contributed by atoms with van der Waals surface area (Å²) in [7, 11) is 5.06. The Labute approximate surface area is 157 Å². The summed E-state index contributed by atoms with van der Waals surface area (Å²) >= 11 is 0. The van der Waals surface area contributed by atoms with Crippen LogP contribution in [0.15, 0.2) is 23.0 Å². The Morgan fingerprint density at radius 1 is 0.846 bits per heavy atom. The predicted octanol–water partition coefficient (Wildman–Crippen LogP) is 5.24. The molecule has 0 saturated carbocycles. The highest BCUT2D eigenvalue weighted by atomic mass is 16.5. The van der Waals surface area contributed by atoms with Crippen LogP contribution in [0.3, 0.4) is 0 Å². The van der Waals surface area contributed by atoms with Gasteiger partial charge in [0.1, 0.15) is 0 Å². The van der Waals surface area contributed by atoms with E-state index < -0.39 is 0 Å². The Hall–Kier alpha value is -1.97. The molecule has 2 aromatic rings. The van der Waals surface area contributed by atoms with Crippen molar-refractivity contribution in [1.29, 1.82) is 0 Å². The van der Waals surface area contributed by atoms with Gasteiger partial charge < -0.3 is 14.0 Å². The maximum Gasteiger partial charge on any atom is 0.258 e. The zero-order valence-corrected chi connectivity index (χ0v) is 16.8. The molecule has 0 unspecified atom stereocenters. The highest BCUT2D eigenvalue weighted by Crippen LogP contribution is 2.31. The van der Waals surface area contributed by atoms with Crippen LogP contribution < -0.4 is 15.0 Å². The molecule has 0 aliphatic rings. The number of unbranched alkanes of at least 4 members (excludes halogenated alkanes) is 7. The Kier molecular flexibility index (Phi) is 8.02. The van der Waals surface area contributed by atoms with E-state index in [4.69, 9.17) is 9.47 Å². The molecule has 0 atom stereocenters. The Morgan fingerprint density at radius 3 is 2.04 bits per heavy atom. The number of nitrogens with zero attached hydrogens (tertiary/aromatic N) is 1. The number of fused-ring (bicyclic) bond motifs is 1. The van der Waals surface area contributed by atoms with E-state index in [1.54, 1.807) is 24.9 Å². The fourth-order valence-corrected chi connectivity index (χ4v) is 3.47. The number of pyridine rings is 1. The maximum atomic E-state index is 12.7. The third-order valence-electron chi connectivity index (χ3n) is 5.13. The van der Waals surface area contributed by atoms with Crippen LogP contribution in [0.4, 0.5) is 0 Å². The highest BCUT2D eigenvalue weighted by Gasteiger charge is 2.11. The first-order chi connectivity index (χ1) is 12.6. The van der Waals surface area contributed by atoms with Crippen molar-refractivity contribution in [1.82, 2.24) is 4.57 Å². The molecular weight excluding hydrogens is 326 g/mol. The Morgan fingerprint density at radius 2 is 1.42 bits per heavy atom. The van der Waals surface area contributed by atoms with Crippen molar-refractivity contribution in [2.45, 2.75) is 64.7 Å². The van der Waals surface area contributed by atoms with Crippen LogP contribution in [0.2, 0.25) is 0 Å². The van der Waals surface area contributed by atoms with Crippen LogP contribution >= 0.6 is 0 Å². The molecule has 0 saturated heterocycles. The smallest absolute Gasteiger partial charge is 0.258 e. The summed E-state index contributed by atoms with van der Waals surface area (Å²) < 4.78 is 12.5. The summed E-state index contributed by atoms with van der Waals surface area (Å²) in [6.07, 6.45) is 11.3. The van der Waals surface area contributed by atoms with E-state index in [0.29, 0.717) is 16.9 Å². The molecule has 1 aromatic heterocycles. The molecule has 0 N–H and O–H groups in total. The van der Waals surface area contributed by atoms with Gasteiger partial charge >= 0.3 is 0 Å². The van der Waals surface area contributed by atoms with E-state index in [-0.39, 0.29) is 5.56 Å². The van der Waals surface area contributed by atoms with Gasteiger partial charge in [-0.1, -0.05) is 51.9 Å². The molecule has 0 fully saturated rings. The first-order valence-electron chi connectivity index (χ1n) is 9.87. The number of ether oxygens (including phenoxy) is 2. The second-order valence-corrected chi connectivity index (χ2v) is 7.02. The van der Waals surface area contributed by atoms with Crippen molar-refractivity contribution in [3.8, 4) is 11.5 Å². The number of aromatic nitrogens is 1. The molecule has 4 nitrogen and oxygen atoms in total. The van der Waals surface area contributed by atoms with E-state index in [1.165, 1.54) is 44.9 Å². The SMILES string of the molecule is CCCCCCCCCCc1cc2cc(OC)c(OC)cc2c(=O)n1C. The molecule has 0 amide bonds.